The summed E-state index contributed by atoms with van der Waals surface area (Å²) in [5.41, 5.74) is 4.69. The van der Waals surface area contributed by atoms with Gasteiger partial charge in [0, 0.05) is 30.0 Å². The number of benzene rings is 3. The molecule has 0 saturated carbocycles. The van der Waals surface area contributed by atoms with Gasteiger partial charge in [-0.15, -0.1) is 13.2 Å². The van der Waals surface area contributed by atoms with Crippen LogP contribution >= 0.6 is 0 Å². The number of aldehydes is 1. The molecule has 1 aliphatic rings. The summed E-state index contributed by atoms with van der Waals surface area (Å²) in [7, 11) is 0. The smallest absolute Gasteiger partial charge is 0.449 e. The number of ether oxygens (including phenoxy) is 2. The maximum atomic E-state index is 12.4. The van der Waals surface area contributed by atoms with Gasteiger partial charge in [-0.05, 0) is 40.5 Å². The maximum Gasteiger partial charge on any atom is 0.573 e. The minimum atomic E-state index is -4.88. The van der Waals surface area contributed by atoms with Gasteiger partial charge in [-0.1, -0.05) is 60.4 Å². The Morgan fingerprint density at radius 1 is 1.00 bits per heavy atom. The molecule has 0 radical (unpaired) electrons. The van der Waals surface area contributed by atoms with Crippen molar-refractivity contribution >= 4 is 12.4 Å². The second-order valence-electron chi connectivity index (χ2n) is 7.76. The van der Waals surface area contributed by atoms with Crippen molar-refractivity contribution < 1.29 is 32.2 Å². The van der Waals surface area contributed by atoms with Crippen LogP contribution < -0.4 is 10.1 Å². The Bertz CT molecular complexity index is 1260. The van der Waals surface area contributed by atoms with Crippen molar-refractivity contribution in [3.63, 3.8) is 0 Å². The topological polar surface area (TPSA) is 64.6 Å². The van der Waals surface area contributed by atoms with Gasteiger partial charge < -0.3 is 14.8 Å². The number of carbonyl (C=O) groups excluding carboxylic acids is 2. The van der Waals surface area contributed by atoms with Crippen molar-refractivity contribution in [2.45, 2.75) is 18.7 Å². The van der Waals surface area contributed by atoms with Crippen molar-refractivity contribution in [1.29, 1.82) is 0 Å². The van der Waals surface area contributed by atoms with E-state index in [0.29, 0.717) is 6.29 Å². The Hall–Kier alpha value is -4.25. The predicted molar refractivity (Wildman–Crippen MR) is 123 cm³/mol. The molecule has 0 bridgehead atoms. The van der Waals surface area contributed by atoms with E-state index in [1.54, 1.807) is 0 Å². The van der Waals surface area contributed by atoms with Gasteiger partial charge in [0.1, 0.15) is 18.6 Å². The molecule has 3 aromatic rings. The average molecular weight is 479 g/mol. The van der Waals surface area contributed by atoms with Crippen LogP contribution in [0.3, 0.4) is 0 Å². The van der Waals surface area contributed by atoms with Crippen LogP contribution in [-0.4, -0.2) is 31.9 Å². The Labute approximate surface area is 199 Å². The highest BCUT2D eigenvalue weighted by molar-refractivity contribution is 5.79. The van der Waals surface area contributed by atoms with Gasteiger partial charge in [-0.2, -0.15) is 0 Å². The number of halogens is 3. The molecule has 1 N–H and O–H groups in total. The van der Waals surface area contributed by atoms with Crippen molar-refractivity contribution in [2.24, 2.45) is 0 Å². The fraction of sp³-hybridized carbons (Fsp3) is 0.185. The third kappa shape index (κ3) is 6.01. The summed E-state index contributed by atoms with van der Waals surface area (Å²) in [4.78, 5) is 23.1. The largest absolute Gasteiger partial charge is 0.573 e. The number of alkyl halides is 3. The van der Waals surface area contributed by atoms with E-state index in [4.69, 9.17) is 4.74 Å². The number of nitrogens with one attached hydrogen (secondary N) is 1. The fourth-order valence-electron chi connectivity index (χ4n) is 4.00. The molecule has 0 unspecified atom stereocenters. The summed E-state index contributed by atoms with van der Waals surface area (Å²) >= 11 is 0. The first-order valence-electron chi connectivity index (χ1n) is 10.8. The molecule has 0 fully saturated rings. The molecule has 5 nitrogen and oxygen atoms in total. The zero-order valence-electron chi connectivity index (χ0n) is 18.4. The average Bonchev–Trinajstić information content (AvgIpc) is 3.15. The van der Waals surface area contributed by atoms with Gasteiger partial charge in [-0.25, -0.2) is 4.79 Å². The van der Waals surface area contributed by atoms with Gasteiger partial charge in [0.25, 0.3) is 0 Å². The van der Waals surface area contributed by atoms with Gasteiger partial charge >= 0.3 is 12.5 Å². The van der Waals surface area contributed by atoms with Crippen LogP contribution in [0.5, 0.6) is 5.75 Å². The highest BCUT2D eigenvalue weighted by atomic mass is 19.4. The lowest BCUT2D eigenvalue weighted by molar-refractivity contribution is -0.274. The van der Waals surface area contributed by atoms with Crippen molar-refractivity contribution in [3.8, 4) is 28.7 Å². The van der Waals surface area contributed by atoms with Crippen LogP contribution in [0, 0.1) is 11.8 Å². The van der Waals surface area contributed by atoms with Crippen molar-refractivity contribution in [1.82, 2.24) is 5.32 Å². The Balaban J connectivity index is 1.29. The number of rotatable bonds is 6. The molecule has 1 amide bonds. The second-order valence-corrected chi connectivity index (χ2v) is 7.76. The summed E-state index contributed by atoms with van der Waals surface area (Å²) in [5.74, 6) is 4.84. The molecule has 1 aliphatic carbocycles. The van der Waals surface area contributed by atoms with Crippen LogP contribution in [0.25, 0.3) is 11.1 Å². The molecule has 0 atom stereocenters. The van der Waals surface area contributed by atoms with E-state index >= 15 is 0 Å². The molecular formula is C27H20F3NO4. The van der Waals surface area contributed by atoms with Gasteiger partial charge in [0.05, 0.1) is 0 Å². The van der Waals surface area contributed by atoms with Crippen molar-refractivity contribution in [2.75, 3.05) is 13.2 Å². The molecule has 35 heavy (non-hydrogen) atoms. The lowest BCUT2D eigenvalue weighted by Gasteiger charge is -2.14. The van der Waals surface area contributed by atoms with E-state index in [2.05, 4.69) is 34.0 Å². The van der Waals surface area contributed by atoms with E-state index in [1.807, 2.05) is 36.4 Å². The molecule has 4 rings (SSSR count). The minimum Gasteiger partial charge on any atom is -0.449 e. The Morgan fingerprint density at radius 3 is 2.29 bits per heavy atom. The monoisotopic (exact) mass is 479 g/mol. The molecule has 178 valence electrons. The Morgan fingerprint density at radius 2 is 1.66 bits per heavy atom. The third-order valence-electron chi connectivity index (χ3n) is 5.39. The third-order valence-corrected chi connectivity index (χ3v) is 5.39. The molecule has 0 spiro atoms. The molecule has 3 aromatic carbocycles. The van der Waals surface area contributed by atoms with Gasteiger partial charge in [0.15, 0.2) is 0 Å². The number of carbonyl (C=O) groups is 2. The molecule has 0 heterocycles. The highest BCUT2D eigenvalue weighted by Gasteiger charge is 2.31. The predicted octanol–water partition coefficient (Wildman–Crippen LogP) is 5.68. The zero-order valence-corrected chi connectivity index (χ0v) is 18.4. The fourth-order valence-corrected chi connectivity index (χ4v) is 4.00. The number of hydrogen-bond donors (Lipinski definition) is 1. The van der Waals surface area contributed by atoms with E-state index in [0.717, 1.165) is 34.4 Å². The van der Waals surface area contributed by atoms with E-state index in [-0.39, 0.29) is 36.6 Å². The van der Waals surface area contributed by atoms with Crippen molar-refractivity contribution in [3.05, 3.63) is 89.0 Å². The second kappa shape index (κ2) is 10.3. The maximum absolute atomic E-state index is 12.4. The summed E-state index contributed by atoms with van der Waals surface area (Å²) in [6.07, 6.45) is -4.82. The van der Waals surface area contributed by atoms with E-state index in [1.165, 1.54) is 6.07 Å². The van der Waals surface area contributed by atoms with Crippen LogP contribution in [0.15, 0.2) is 66.7 Å². The number of hydrogen-bond acceptors (Lipinski definition) is 4. The molecule has 0 aromatic heterocycles. The summed E-state index contributed by atoms with van der Waals surface area (Å²) in [5, 5.41) is 2.61. The summed E-state index contributed by atoms with van der Waals surface area (Å²) in [6.45, 7) is 0.370. The van der Waals surface area contributed by atoms with E-state index < -0.39 is 18.2 Å². The van der Waals surface area contributed by atoms with Crippen LogP contribution in [0.1, 0.15) is 39.4 Å². The molecule has 0 aliphatic heterocycles. The summed E-state index contributed by atoms with van der Waals surface area (Å²) in [6, 6.07) is 19.4. The number of amides is 1. The first-order chi connectivity index (χ1) is 16.8. The van der Waals surface area contributed by atoms with E-state index in [9.17, 15) is 22.8 Å². The van der Waals surface area contributed by atoms with Gasteiger partial charge in [0.2, 0.25) is 0 Å². The van der Waals surface area contributed by atoms with Crippen LogP contribution in [0.2, 0.25) is 0 Å². The minimum absolute atomic E-state index is 0.00723. The first kappa shape index (κ1) is 23.9. The number of fused-ring (bicyclic) bond motifs is 3. The normalized spacial score (nSPS) is 12.1. The first-order valence-corrected chi connectivity index (χ1v) is 10.8. The lowest BCUT2D eigenvalue weighted by atomic mass is 9.98. The molecular weight excluding hydrogens is 459 g/mol. The highest BCUT2D eigenvalue weighted by Crippen LogP contribution is 2.44. The van der Waals surface area contributed by atoms with Gasteiger partial charge in [-0.3, -0.25) is 4.79 Å². The lowest BCUT2D eigenvalue weighted by Crippen LogP contribution is -2.26. The molecule has 0 saturated heterocycles. The van der Waals surface area contributed by atoms with Crippen LogP contribution in [0.4, 0.5) is 18.0 Å². The summed E-state index contributed by atoms with van der Waals surface area (Å²) < 4.78 is 46.6. The van der Waals surface area contributed by atoms with Crippen LogP contribution in [-0.2, 0) is 4.74 Å². The molecule has 8 heteroatoms. The zero-order chi connectivity index (χ0) is 24.8. The quantitative estimate of drug-likeness (QED) is 0.281. The number of alkyl carbamates (subject to hydrolysis) is 1. The Kier molecular flexibility index (Phi) is 7.06. The standard InChI is InChI=1S/C27H20F3NO4/c28-27(29,30)35-20-14-18(13-19(15-20)16-32)7-5-6-12-31-26(33)34-17-25-23-10-3-1-8-21(23)22-9-2-4-11-24(22)25/h1-4,8-11,13-16,25H,6,12,17H2,(H,31,33). The SMILES string of the molecule is O=Cc1cc(C#CCCNC(=O)OCC2c3ccccc3-c3ccccc32)cc(OC(F)(F)F)c1.